The summed E-state index contributed by atoms with van der Waals surface area (Å²) in [7, 11) is 0. The average Bonchev–Trinajstić information content (AvgIpc) is 3.02. The monoisotopic (exact) mass is 403 g/mol. The lowest BCUT2D eigenvalue weighted by Crippen LogP contribution is -2.27. The van der Waals surface area contributed by atoms with Crippen LogP contribution in [-0.2, 0) is 17.9 Å². The van der Waals surface area contributed by atoms with Crippen LogP contribution in [0.25, 0.3) is 11.4 Å². The first-order valence-corrected chi connectivity index (χ1v) is 9.11. The number of hydrogen-bond donors (Lipinski definition) is 2. The molecule has 9 heteroatoms. The van der Waals surface area contributed by atoms with Gasteiger partial charge in [-0.05, 0) is 49.5 Å². The van der Waals surface area contributed by atoms with Crippen LogP contribution in [0.3, 0.4) is 0 Å². The minimum absolute atomic E-state index is 0.0392. The third-order valence-electron chi connectivity index (χ3n) is 3.77. The summed E-state index contributed by atoms with van der Waals surface area (Å²) in [6.07, 6.45) is 1.65. The van der Waals surface area contributed by atoms with Crippen molar-refractivity contribution in [1.29, 1.82) is 0 Å². The molecule has 0 aliphatic rings. The van der Waals surface area contributed by atoms with Gasteiger partial charge >= 0.3 is 0 Å². The van der Waals surface area contributed by atoms with E-state index in [2.05, 4.69) is 20.5 Å². The van der Waals surface area contributed by atoms with E-state index in [9.17, 15) is 4.79 Å². The number of rotatable bonds is 7. The van der Waals surface area contributed by atoms with Gasteiger partial charge in [-0.1, -0.05) is 17.7 Å². The number of ether oxygens (including phenoxy) is 1. The van der Waals surface area contributed by atoms with Gasteiger partial charge in [0.25, 0.3) is 0 Å². The number of H-pyrrole nitrogens is 1. The number of halogens is 1. The van der Waals surface area contributed by atoms with Crippen molar-refractivity contribution < 1.29 is 9.53 Å². The van der Waals surface area contributed by atoms with Gasteiger partial charge in [0.05, 0.1) is 6.61 Å². The van der Waals surface area contributed by atoms with Crippen molar-refractivity contribution in [3.8, 4) is 17.3 Å². The number of aromatic amines is 1. The first kappa shape index (κ1) is 19.1. The second kappa shape index (κ2) is 8.79. The summed E-state index contributed by atoms with van der Waals surface area (Å²) in [5.41, 5.74) is 1.62. The summed E-state index contributed by atoms with van der Waals surface area (Å²) < 4.78 is 7.48. The Morgan fingerprint density at radius 3 is 2.85 bits per heavy atom. The summed E-state index contributed by atoms with van der Waals surface area (Å²) in [4.78, 5) is 16.6. The van der Waals surface area contributed by atoms with Gasteiger partial charge in [-0.3, -0.25) is 14.5 Å². The lowest BCUT2D eigenvalue weighted by molar-refractivity contribution is -0.121. The third kappa shape index (κ3) is 4.72. The molecule has 2 aromatic heterocycles. The van der Waals surface area contributed by atoms with E-state index in [0.717, 1.165) is 11.1 Å². The number of amides is 1. The highest BCUT2D eigenvalue weighted by atomic mass is 35.5. The summed E-state index contributed by atoms with van der Waals surface area (Å²) in [5, 5.41) is 10.4. The molecule has 3 rings (SSSR count). The average molecular weight is 404 g/mol. The van der Waals surface area contributed by atoms with Gasteiger partial charge in [0.2, 0.25) is 11.8 Å². The molecule has 0 aliphatic carbocycles. The molecular formula is C18H18ClN5O2S. The summed E-state index contributed by atoms with van der Waals surface area (Å²) >= 11 is 11.2. The molecular weight excluding hydrogens is 386 g/mol. The van der Waals surface area contributed by atoms with Crippen molar-refractivity contribution in [2.75, 3.05) is 6.61 Å². The van der Waals surface area contributed by atoms with Crippen LogP contribution < -0.4 is 10.1 Å². The summed E-state index contributed by atoms with van der Waals surface area (Å²) in [6, 6.07) is 10.8. The standard InChI is InChI=1S/C18H18ClN5O2S/c1-2-26-17-13(4-3-9-20-17)10-21-15(25)11-24-16(22-23-18(24)27)12-5-7-14(19)8-6-12/h3-9H,2,10-11H2,1H3,(H,21,25)(H,23,27). The minimum Gasteiger partial charge on any atom is -0.478 e. The number of pyridine rings is 1. The molecule has 0 radical (unpaired) electrons. The van der Waals surface area contributed by atoms with Crippen molar-refractivity contribution >= 4 is 29.7 Å². The molecule has 3 aromatic rings. The van der Waals surface area contributed by atoms with Gasteiger partial charge in [-0.25, -0.2) is 4.98 Å². The lowest BCUT2D eigenvalue weighted by atomic mass is 10.2. The van der Waals surface area contributed by atoms with E-state index in [-0.39, 0.29) is 12.5 Å². The van der Waals surface area contributed by atoms with E-state index in [0.29, 0.717) is 34.6 Å². The molecule has 27 heavy (non-hydrogen) atoms. The molecule has 1 aromatic carbocycles. The van der Waals surface area contributed by atoms with Crippen molar-refractivity contribution in [1.82, 2.24) is 25.1 Å². The van der Waals surface area contributed by atoms with Crippen molar-refractivity contribution in [3.63, 3.8) is 0 Å². The Morgan fingerprint density at radius 1 is 1.33 bits per heavy atom. The SMILES string of the molecule is CCOc1ncccc1CNC(=O)Cn1c(-c2ccc(Cl)cc2)n[nH]c1=S. The highest BCUT2D eigenvalue weighted by Gasteiger charge is 2.13. The molecule has 0 saturated carbocycles. The van der Waals surface area contributed by atoms with Gasteiger partial charge in [-0.15, -0.1) is 0 Å². The second-order valence-electron chi connectivity index (χ2n) is 5.62. The summed E-state index contributed by atoms with van der Waals surface area (Å²) in [5.74, 6) is 0.888. The predicted octanol–water partition coefficient (Wildman–Crippen LogP) is 3.37. The first-order valence-electron chi connectivity index (χ1n) is 8.33. The van der Waals surface area contributed by atoms with Crippen LogP contribution in [0, 0.1) is 4.77 Å². The molecule has 0 atom stereocenters. The Morgan fingerprint density at radius 2 is 2.11 bits per heavy atom. The van der Waals surface area contributed by atoms with E-state index in [1.54, 1.807) is 29.0 Å². The molecule has 140 valence electrons. The van der Waals surface area contributed by atoms with Crippen LogP contribution in [-0.4, -0.2) is 32.3 Å². The Balaban J connectivity index is 1.71. The van der Waals surface area contributed by atoms with E-state index < -0.39 is 0 Å². The number of aromatic nitrogens is 4. The molecule has 2 N–H and O–H groups in total. The number of carbonyl (C=O) groups excluding carboxylic acids is 1. The quantitative estimate of drug-likeness (QED) is 0.591. The van der Waals surface area contributed by atoms with Crippen molar-refractivity contribution in [2.24, 2.45) is 0 Å². The normalized spacial score (nSPS) is 10.6. The largest absolute Gasteiger partial charge is 0.478 e. The second-order valence-corrected chi connectivity index (χ2v) is 6.45. The number of hydrogen-bond acceptors (Lipinski definition) is 5. The van der Waals surface area contributed by atoms with E-state index in [1.807, 2.05) is 25.1 Å². The Hall–Kier alpha value is -2.71. The predicted molar refractivity (Wildman–Crippen MR) is 105 cm³/mol. The Bertz CT molecular complexity index is 984. The zero-order valence-electron chi connectivity index (χ0n) is 14.6. The van der Waals surface area contributed by atoms with Gasteiger partial charge in [-0.2, -0.15) is 5.10 Å². The third-order valence-corrected chi connectivity index (χ3v) is 4.33. The lowest BCUT2D eigenvalue weighted by Gasteiger charge is -2.11. The molecule has 1 amide bonds. The van der Waals surface area contributed by atoms with Gasteiger partial charge < -0.3 is 10.1 Å². The van der Waals surface area contributed by atoms with Crippen LogP contribution in [0.15, 0.2) is 42.6 Å². The Kier molecular flexibility index (Phi) is 6.20. The molecule has 7 nitrogen and oxygen atoms in total. The number of nitrogens with one attached hydrogen (secondary N) is 2. The maximum absolute atomic E-state index is 12.4. The van der Waals surface area contributed by atoms with Crippen LogP contribution in [0.2, 0.25) is 5.02 Å². The molecule has 0 unspecified atom stereocenters. The zero-order valence-corrected chi connectivity index (χ0v) is 16.2. The maximum Gasteiger partial charge on any atom is 0.240 e. The highest BCUT2D eigenvalue weighted by molar-refractivity contribution is 7.71. The van der Waals surface area contributed by atoms with Gasteiger partial charge in [0.15, 0.2) is 10.6 Å². The maximum atomic E-state index is 12.4. The number of carbonyl (C=O) groups is 1. The zero-order chi connectivity index (χ0) is 19.2. The van der Waals surface area contributed by atoms with Gasteiger partial charge in [0.1, 0.15) is 6.54 Å². The van der Waals surface area contributed by atoms with E-state index in [1.165, 1.54) is 0 Å². The number of benzene rings is 1. The molecule has 0 spiro atoms. The highest BCUT2D eigenvalue weighted by Crippen LogP contribution is 2.20. The number of nitrogens with zero attached hydrogens (tertiary/aromatic N) is 3. The minimum atomic E-state index is -0.200. The van der Waals surface area contributed by atoms with Crippen molar-refractivity contribution in [3.05, 3.63) is 58.0 Å². The topological polar surface area (TPSA) is 84.8 Å². The molecule has 0 fully saturated rings. The van der Waals surface area contributed by atoms with Crippen LogP contribution in [0.4, 0.5) is 0 Å². The van der Waals surface area contributed by atoms with Crippen LogP contribution in [0.1, 0.15) is 12.5 Å². The fraction of sp³-hybridized carbons (Fsp3) is 0.222. The van der Waals surface area contributed by atoms with E-state index in [4.69, 9.17) is 28.6 Å². The van der Waals surface area contributed by atoms with Crippen LogP contribution >= 0.6 is 23.8 Å². The first-order chi connectivity index (χ1) is 13.1. The van der Waals surface area contributed by atoms with Crippen molar-refractivity contribution in [2.45, 2.75) is 20.0 Å². The molecule has 0 aliphatic heterocycles. The van der Waals surface area contributed by atoms with E-state index >= 15 is 0 Å². The Labute approximate surface area is 166 Å². The molecule has 0 bridgehead atoms. The molecule has 2 heterocycles. The summed E-state index contributed by atoms with van der Waals surface area (Å²) in [6.45, 7) is 2.74. The van der Waals surface area contributed by atoms with Gasteiger partial charge in [0, 0.05) is 28.9 Å². The molecule has 0 saturated heterocycles. The van der Waals surface area contributed by atoms with Crippen LogP contribution in [0.5, 0.6) is 5.88 Å². The fourth-order valence-electron chi connectivity index (χ4n) is 2.50. The fourth-order valence-corrected chi connectivity index (χ4v) is 2.83. The smallest absolute Gasteiger partial charge is 0.240 e.